The molecule has 0 saturated carbocycles. The summed E-state index contributed by atoms with van der Waals surface area (Å²) < 4.78 is 4.61. The largest absolute Gasteiger partial charge is 0.469 e. The molecule has 1 aliphatic heterocycles. The van der Waals surface area contributed by atoms with Crippen LogP contribution in [0.2, 0.25) is 0 Å². The molecule has 0 aliphatic carbocycles. The summed E-state index contributed by atoms with van der Waals surface area (Å²) in [6, 6.07) is 0. The molecule has 1 fully saturated rings. The average molecular weight is 339 g/mol. The summed E-state index contributed by atoms with van der Waals surface area (Å²) in [5.74, 6) is 0.475. The number of aliphatic imine (C=N–C) groups is 1. The fourth-order valence-electron chi connectivity index (χ4n) is 2.45. The van der Waals surface area contributed by atoms with Gasteiger partial charge in [0.15, 0.2) is 11.1 Å². The lowest BCUT2D eigenvalue weighted by Crippen LogP contribution is -2.51. The molecule has 8 heteroatoms. The van der Waals surface area contributed by atoms with Gasteiger partial charge in [-0.2, -0.15) is 0 Å². The second-order valence-electron chi connectivity index (χ2n) is 5.42. The number of aromatic nitrogens is 1. The number of nitrogens with zero attached hydrogens (tertiary/aromatic N) is 4. The molecular formula is C15H25N5O2S. The summed E-state index contributed by atoms with van der Waals surface area (Å²) in [6.45, 7) is 4.29. The van der Waals surface area contributed by atoms with Gasteiger partial charge >= 0.3 is 5.97 Å². The fourth-order valence-corrected chi connectivity index (χ4v) is 3.15. The van der Waals surface area contributed by atoms with Gasteiger partial charge < -0.3 is 20.3 Å². The Morgan fingerprint density at radius 2 is 2.13 bits per heavy atom. The van der Waals surface area contributed by atoms with Gasteiger partial charge in [-0.3, -0.25) is 9.79 Å². The Morgan fingerprint density at radius 3 is 2.78 bits per heavy atom. The van der Waals surface area contributed by atoms with E-state index < -0.39 is 0 Å². The number of hydrogen-bond acceptors (Lipinski definition) is 6. The SMILES string of the molecule is COC(=O)CCCCCN=C(N)N1CCN(c2nccs2)CC1. The van der Waals surface area contributed by atoms with Gasteiger partial charge in [0.05, 0.1) is 7.11 Å². The first-order chi connectivity index (χ1) is 11.2. The topological polar surface area (TPSA) is 84.0 Å². The molecule has 2 heterocycles. The standard InChI is InChI=1S/C15H25N5O2S/c1-22-13(21)5-3-2-4-6-17-14(16)19-8-10-20(11-9-19)15-18-7-12-23-15/h7,12H,2-6,8-11H2,1H3,(H2,16,17). The van der Waals surface area contributed by atoms with Crippen molar-refractivity contribution in [2.45, 2.75) is 25.7 Å². The number of methoxy groups -OCH3 is 1. The number of ether oxygens (including phenoxy) is 1. The molecule has 128 valence electrons. The molecule has 1 saturated heterocycles. The number of carbonyl (C=O) groups is 1. The first-order valence-corrected chi connectivity index (χ1v) is 8.85. The third-order valence-electron chi connectivity index (χ3n) is 3.83. The minimum Gasteiger partial charge on any atom is -0.469 e. The van der Waals surface area contributed by atoms with Crippen LogP contribution in [0.3, 0.4) is 0 Å². The number of unbranched alkanes of at least 4 members (excludes halogenated alkanes) is 2. The van der Waals surface area contributed by atoms with E-state index in [2.05, 4.69) is 24.5 Å². The van der Waals surface area contributed by atoms with E-state index in [4.69, 9.17) is 5.73 Å². The van der Waals surface area contributed by atoms with E-state index in [0.29, 0.717) is 18.9 Å². The fraction of sp³-hybridized carbons (Fsp3) is 0.667. The average Bonchev–Trinajstić information content (AvgIpc) is 3.12. The zero-order valence-corrected chi connectivity index (χ0v) is 14.4. The first kappa shape index (κ1) is 17.5. The Labute approximate surface area is 141 Å². The lowest BCUT2D eigenvalue weighted by atomic mass is 10.2. The molecule has 0 atom stereocenters. The maximum absolute atomic E-state index is 11.0. The summed E-state index contributed by atoms with van der Waals surface area (Å²) in [6.07, 6.45) is 5.06. The smallest absolute Gasteiger partial charge is 0.305 e. The van der Waals surface area contributed by atoms with Crippen molar-refractivity contribution in [2.75, 3.05) is 44.7 Å². The van der Waals surface area contributed by atoms with Crippen molar-refractivity contribution in [3.8, 4) is 0 Å². The molecule has 1 aromatic rings. The van der Waals surface area contributed by atoms with Crippen LogP contribution in [0.15, 0.2) is 16.6 Å². The minimum absolute atomic E-state index is 0.147. The lowest BCUT2D eigenvalue weighted by molar-refractivity contribution is -0.140. The maximum Gasteiger partial charge on any atom is 0.305 e. The zero-order chi connectivity index (χ0) is 16.5. The Balaban J connectivity index is 1.62. The third-order valence-corrected chi connectivity index (χ3v) is 4.67. The normalized spacial score (nSPS) is 15.8. The summed E-state index contributed by atoms with van der Waals surface area (Å²) in [5.41, 5.74) is 6.07. The van der Waals surface area contributed by atoms with Gasteiger partial charge in [-0.25, -0.2) is 4.98 Å². The number of piperazine rings is 1. The van der Waals surface area contributed by atoms with Crippen LogP contribution in [-0.2, 0) is 9.53 Å². The molecule has 0 amide bonds. The molecule has 2 N–H and O–H groups in total. The van der Waals surface area contributed by atoms with E-state index in [1.807, 2.05) is 11.6 Å². The number of carbonyl (C=O) groups excluding carboxylic acids is 1. The van der Waals surface area contributed by atoms with Crippen LogP contribution in [0.25, 0.3) is 0 Å². The predicted octanol–water partition coefficient (Wildman–Crippen LogP) is 1.31. The monoisotopic (exact) mass is 339 g/mol. The van der Waals surface area contributed by atoms with E-state index in [-0.39, 0.29) is 5.97 Å². The van der Waals surface area contributed by atoms with Crippen molar-refractivity contribution in [1.29, 1.82) is 0 Å². The predicted molar refractivity (Wildman–Crippen MR) is 92.9 cm³/mol. The van der Waals surface area contributed by atoms with Crippen LogP contribution in [0.1, 0.15) is 25.7 Å². The van der Waals surface area contributed by atoms with E-state index in [0.717, 1.165) is 50.6 Å². The molecule has 23 heavy (non-hydrogen) atoms. The third kappa shape index (κ3) is 5.70. The number of rotatable bonds is 7. The summed E-state index contributed by atoms with van der Waals surface area (Å²) in [4.78, 5) is 24.2. The lowest BCUT2D eigenvalue weighted by Gasteiger charge is -2.35. The van der Waals surface area contributed by atoms with Crippen molar-refractivity contribution in [2.24, 2.45) is 10.7 Å². The number of hydrogen-bond donors (Lipinski definition) is 1. The van der Waals surface area contributed by atoms with Gasteiger partial charge in [0.25, 0.3) is 0 Å². The van der Waals surface area contributed by atoms with Gasteiger partial charge in [-0.1, -0.05) is 6.42 Å². The van der Waals surface area contributed by atoms with E-state index in [1.165, 1.54) is 7.11 Å². The van der Waals surface area contributed by atoms with Crippen LogP contribution in [0.5, 0.6) is 0 Å². The molecule has 1 aliphatic rings. The Hall–Kier alpha value is -1.83. The molecule has 7 nitrogen and oxygen atoms in total. The highest BCUT2D eigenvalue weighted by Crippen LogP contribution is 2.18. The second kappa shape index (κ2) is 9.34. The molecular weight excluding hydrogens is 314 g/mol. The Kier molecular flexibility index (Phi) is 7.12. The highest BCUT2D eigenvalue weighted by atomic mass is 32.1. The van der Waals surface area contributed by atoms with Gasteiger partial charge in [0.1, 0.15) is 0 Å². The van der Waals surface area contributed by atoms with Gasteiger partial charge in [0, 0.05) is 50.7 Å². The number of anilines is 1. The molecule has 1 aromatic heterocycles. The van der Waals surface area contributed by atoms with E-state index in [1.54, 1.807) is 11.3 Å². The van der Waals surface area contributed by atoms with Crippen LogP contribution < -0.4 is 10.6 Å². The van der Waals surface area contributed by atoms with Gasteiger partial charge in [-0.05, 0) is 12.8 Å². The summed E-state index contributed by atoms with van der Waals surface area (Å²) in [5, 5.41) is 3.07. The van der Waals surface area contributed by atoms with Gasteiger partial charge in [0.2, 0.25) is 0 Å². The summed E-state index contributed by atoms with van der Waals surface area (Å²) >= 11 is 1.67. The zero-order valence-electron chi connectivity index (χ0n) is 13.6. The van der Waals surface area contributed by atoms with Crippen LogP contribution in [0.4, 0.5) is 5.13 Å². The molecule has 0 bridgehead atoms. The van der Waals surface area contributed by atoms with E-state index >= 15 is 0 Å². The van der Waals surface area contributed by atoms with Crippen LogP contribution in [0, 0.1) is 0 Å². The number of guanidine groups is 1. The molecule has 0 spiro atoms. The molecule has 0 radical (unpaired) electrons. The Bertz CT molecular complexity index is 498. The second-order valence-corrected chi connectivity index (χ2v) is 6.29. The maximum atomic E-state index is 11.0. The van der Waals surface area contributed by atoms with Crippen LogP contribution in [-0.4, -0.2) is 61.6 Å². The number of thiazole rings is 1. The van der Waals surface area contributed by atoms with Gasteiger partial charge in [-0.15, -0.1) is 11.3 Å². The molecule has 0 unspecified atom stereocenters. The minimum atomic E-state index is -0.147. The van der Waals surface area contributed by atoms with E-state index in [9.17, 15) is 4.79 Å². The molecule has 0 aromatic carbocycles. The van der Waals surface area contributed by atoms with Crippen LogP contribution >= 0.6 is 11.3 Å². The van der Waals surface area contributed by atoms with Crippen molar-refractivity contribution < 1.29 is 9.53 Å². The summed E-state index contributed by atoms with van der Waals surface area (Å²) in [7, 11) is 1.42. The van der Waals surface area contributed by atoms with Crippen molar-refractivity contribution >= 4 is 28.4 Å². The molecule has 2 rings (SSSR count). The van der Waals surface area contributed by atoms with Crippen molar-refractivity contribution in [1.82, 2.24) is 9.88 Å². The highest BCUT2D eigenvalue weighted by molar-refractivity contribution is 7.13. The number of esters is 1. The van der Waals surface area contributed by atoms with Crippen molar-refractivity contribution in [3.05, 3.63) is 11.6 Å². The quantitative estimate of drug-likeness (QED) is 0.349. The highest BCUT2D eigenvalue weighted by Gasteiger charge is 2.19. The van der Waals surface area contributed by atoms with Crippen molar-refractivity contribution in [3.63, 3.8) is 0 Å². The number of nitrogens with two attached hydrogens (primary N) is 1. The first-order valence-electron chi connectivity index (χ1n) is 7.97. The Morgan fingerprint density at radius 1 is 1.35 bits per heavy atom.